The minimum Gasteiger partial charge on any atom is -0.330 e. The van der Waals surface area contributed by atoms with Crippen LogP contribution in [-0.4, -0.2) is 18.4 Å². The van der Waals surface area contributed by atoms with Crippen LogP contribution >= 0.6 is 0 Å². The molecule has 0 spiro atoms. The highest BCUT2D eigenvalue weighted by Gasteiger charge is 2.15. The van der Waals surface area contributed by atoms with Gasteiger partial charge in [0.25, 0.3) is 0 Å². The van der Waals surface area contributed by atoms with Gasteiger partial charge in [-0.05, 0) is 19.4 Å². The summed E-state index contributed by atoms with van der Waals surface area (Å²) >= 11 is 0. The molecule has 0 rings (SSSR count). The first-order chi connectivity index (χ1) is 5.09. The van der Waals surface area contributed by atoms with Crippen LogP contribution in [0.4, 0.5) is 0 Å². The van der Waals surface area contributed by atoms with E-state index < -0.39 is 0 Å². The topological polar surface area (TPSA) is 69.1 Å². The highest BCUT2D eigenvalue weighted by molar-refractivity contribution is 5.85. The van der Waals surface area contributed by atoms with Gasteiger partial charge in [-0.15, -0.1) is 0 Å². The number of carbonyl (C=O) groups is 1. The molecule has 1 atom stereocenters. The first kappa shape index (κ1) is 10.6. The third-order valence-corrected chi connectivity index (χ3v) is 1.65. The summed E-state index contributed by atoms with van der Waals surface area (Å²) in [6.45, 7) is 4.34. The zero-order chi connectivity index (χ0) is 8.85. The van der Waals surface area contributed by atoms with E-state index in [1.54, 1.807) is 0 Å². The van der Waals surface area contributed by atoms with E-state index in [9.17, 15) is 4.79 Å². The monoisotopic (exact) mass is 158 g/mol. The van der Waals surface area contributed by atoms with E-state index >= 15 is 0 Å². The van der Waals surface area contributed by atoms with Crippen LogP contribution in [0.3, 0.4) is 0 Å². The molecule has 0 unspecified atom stereocenters. The average Bonchev–Trinajstić information content (AvgIpc) is 1.98. The second kappa shape index (κ2) is 5.27. The lowest BCUT2D eigenvalue weighted by molar-refractivity contribution is -0.123. The van der Waals surface area contributed by atoms with Gasteiger partial charge in [-0.2, -0.15) is 0 Å². The van der Waals surface area contributed by atoms with Gasteiger partial charge in [0.05, 0.1) is 6.04 Å². The Morgan fingerprint density at radius 2 is 2.00 bits per heavy atom. The van der Waals surface area contributed by atoms with E-state index in [0.717, 1.165) is 6.42 Å². The van der Waals surface area contributed by atoms with E-state index in [1.165, 1.54) is 0 Å². The Hall–Kier alpha value is -0.410. The van der Waals surface area contributed by atoms with Crippen LogP contribution in [0, 0.1) is 5.92 Å². The molecule has 0 saturated heterocycles. The summed E-state index contributed by atoms with van der Waals surface area (Å²) in [5.74, 6) is 0.182. The standard InChI is InChI=1S/C8H18N2O/c1-6(2)8(11)7(10)4-3-5-9/h6-7H,3-5,9-10H2,1-2H3/t7-/m1/s1. The van der Waals surface area contributed by atoms with Crippen LogP contribution < -0.4 is 11.5 Å². The maximum Gasteiger partial charge on any atom is 0.152 e. The van der Waals surface area contributed by atoms with Gasteiger partial charge >= 0.3 is 0 Å². The molecule has 0 aliphatic carbocycles. The van der Waals surface area contributed by atoms with Gasteiger partial charge in [-0.1, -0.05) is 13.8 Å². The van der Waals surface area contributed by atoms with Crippen molar-refractivity contribution in [3.63, 3.8) is 0 Å². The second-order valence-corrected chi connectivity index (χ2v) is 3.09. The van der Waals surface area contributed by atoms with Crippen LogP contribution in [0.5, 0.6) is 0 Å². The molecule has 0 fully saturated rings. The van der Waals surface area contributed by atoms with Crippen molar-refractivity contribution >= 4 is 5.78 Å². The lowest BCUT2D eigenvalue weighted by atomic mass is 9.99. The molecule has 0 bridgehead atoms. The molecular formula is C8H18N2O. The van der Waals surface area contributed by atoms with Crippen LogP contribution in [0.15, 0.2) is 0 Å². The van der Waals surface area contributed by atoms with E-state index in [4.69, 9.17) is 11.5 Å². The van der Waals surface area contributed by atoms with Crippen LogP contribution in [0.25, 0.3) is 0 Å². The van der Waals surface area contributed by atoms with E-state index in [2.05, 4.69) is 0 Å². The van der Waals surface area contributed by atoms with Gasteiger partial charge in [-0.3, -0.25) is 4.79 Å². The molecule has 0 aromatic carbocycles. The smallest absolute Gasteiger partial charge is 0.152 e. The van der Waals surface area contributed by atoms with Gasteiger partial charge in [0, 0.05) is 5.92 Å². The van der Waals surface area contributed by atoms with Gasteiger partial charge in [0.1, 0.15) is 0 Å². The third-order valence-electron chi connectivity index (χ3n) is 1.65. The van der Waals surface area contributed by atoms with Crippen molar-refractivity contribution in [2.45, 2.75) is 32.7 Å². The summed E-state index contributed by atoms with van der Waals surface area (Å²) in [7, 11) is 0. The Kier molecular flexibility index (Phi) is 5.07. The van der Waals surface area contributed by atoms with Crippen molar-refractivity contribution in [3.8, 4) is 0 Å². The lowest BCUT2D eigenvalue weighted by Crippen LogP contribution is -2.34. The lowest BCUT2D eigenvalue weighted by Gasteiger charge is -2.11. The van der Waals surface area contributed by atoms with E-state index in [-0.39, 0.29) is 17.7 Å². The fourth-order valence-electron chi connectivity index (χ4n) is 0.908. The van der Waals surface area contributed by atoms with Gasteiger partial charge in [0.15, 0.2) is 5.78 Å². The molecule has 0 amide bonds. The zero-order valence-electron chi connectivity index (χ0n) is 7.34. The number of ketones is 1. The Bertz CT molecular complexity index is 123. The number of carbonyl (C=O) groups excluding carboxylic acids is 1. The van der Waals surface area contributed by atoms with E-state index in [0.29, 0.717) is 13.0 Å². The molecule has 0 saturated carbocycles. The molecule has 0 radical (unpaired) electrons. The average molecular weight is 158 g/mol. The first-order valence-electron chi connectivity index (χ1n) is 4.09. The fraction of sp³-hybridized carbons (Fsp3) is 0.875. The molecule has 4 N–H and O–H groups in total. The molecule has 0 heterocycles. The molecular weight excluding hydrogens is 140 g/mol. The van der Waals surface area contributed by atoms with Crippen LogP contribution in [0.2, 0.25) is 0 Å². The maximum atomic E-state index is 11.2. The predicted molar refractivity (Wildman–Crippen MR) is 46.1 cm³/mol. The largest absolute Gasteiger partial charge is 0.330 e. The Balaban J connectivity index is 3.64. The molecule has 66 valence electrons. The highest BCUT2D eigenvalue weighted by Crippen LogP contribution is 2.02. The van der Waals surface area contributed by atoms with Crippen molar-refractivity contribution in [3.05, 3.63) is 0 Å². The first-order valence-corrected chi connectivity index (χ1v) is 4.09. The highest BCUT2D eigenvalue weighted by atomic mass is 16.1. The van der Waals surface area contributed by atoms with Crippen molar-refractivity contribution < 1.29 is 4.79 Å². The SMILES string of the molecule is CC(C)C(=O)[C@H](N)CCCN. The number of hydrogen-bond acceptors (Lipinski definition) is 3. The molecule has 11 heavy (non-hydrogen) atoms. The van der Waals surface area contributed by atoms with Crippen molar-refractivity contribution in [2.24, 2.45) is 17.4 Å². The number of Topliss-reactive ketones (excluding diaryl/α,β-unsaturated/α-hetero) is 1. The summed E-state index contributed by atoms with van der Waals surface area (Å²) in [6, 6.07) is -0.307. The van der Waals surface area contributed by atoms with Gasteiger partial charge in [-0.25, -0.2) is 0 Å². The third kappa shape index (κ3) is 4.11. The number of hydrogen-bond donors (Lipinski definition) is 2. The fourth-order valence-corrected chi connectivity index (χ4v) is 0.908. The molecule has 0 aliphatic heterocycles. The van der Waals surface area contributed by atoms with Crippen molar-refractivity contribution in [1.29, 1.82) is 0 Å². The Morgan fingerprint density at radius 3 is 2.36 bits per heavy atom. The number of nitrogens with two attached hydrogens (primary N) is 2. The maximum absolute atomic E-state index is 11.2. The molecule has 3 heteroatoms. The summed E-state index contributed by atoms with van der Waals surface area (Å²) in [4.78, 5) is 11.2. The minimum absolute atomic E-state index is 0.0442. The van der Waals surface area contributed by atoms with Crippen LogP contribution in [0.1, 0.15) is 26.7 Å². The van der Waals surface area contributed by atoms with Gasteiger partial charge in [0.2, 0.25) is 0 Å². The Morgan fingerprint density at radius 1 is 1.45 bits per heavy atom. The quantitative estimate of drug-likeness (QED) is 0.603. The van der Waals surface area contributed by atoms with Gasteiger partial charge < -0.3 is 11.5 Å². The van der Waals surface area contributed by atoms with E-state index in [1.807, 2.05) is 13.8 Å². The van der Waals surface area contributed by atoms with Crippen LogP contribution in [-0.2, 0) is 4.79 Å². The van der Waals surface area contributed by atoms with Crippen molar-refractivity contribution in [1.82, 2.24) is 0 Å². The summed E-state index contributed by atoms with van der Waals surface area (Å²) < 4.78 is 0. The summed E-state index contributed by atoms with van der Waals surface area (Å²) in [5.41, 5.74) is 10.9. The summed E-state index contributed by atoms with van der Waals surface area (Å²) in [6.07, 6.45) is 1.55. The molecule has 3 nitrogen and oxygen atoms in total. The molecule has 0 aromatic rings. The van der Waals surface area contributed by atoms with Crippen molar-refractivity contribution in [2.75, 3.05) is 6.54 Å². The molecule has 0 aromatic heterocycles. The zero-order valence-corrected chi connectivity index (χ0v) is 7.34. The molecule has 0 aliphatic rings. The predicted octanol–water partition coefficient (Wildman–Crippen LogP) is 0.278. The minimum atomic E-state index is -0.307. The normalized spacial score (nSPS) is 13.5. The summed E-state index contributed by atoms with van der Waals surface area (Å²) in [5, 5.41) is 0. The Labute approximate surface area is 68.1 Å². The second-order valence-electron chi connectivity index (χ2n) is 3.09. The number of rotatable bonds is 5.